The Bertz CT molecular complexity index is 2110. The van der Waals surface area contributed by atoms with Crippen LogP contribution in [0.5, 0.6) is 0 Å². The molecule has 2 aromatic heterocycles. The number of imide groups is 2. The van der Waals surface area contributed by atoms with Crippen molar-refractivity contribution >= 4 is 30.0 Å². The zero-order valence-electron chi connectivity index (χ0n) is 36.2. The highest BCUT2D eigenvalue weighted by atomic mass is 16.5. The fraction of sp³-hybridized carbons (Fsp3) is 0.426. The number of aliphatic hydroxyl groups is 1. The minimum absolute atomic E-state index is 0.0254. The lowest BCUT2D eigenvalue weighted by Crippen LogP contribution is -2.57. The number of ether oxygens (including phenoxy) is 1. The summed E-state index contributed by atoms with van der Waals surface area (Å²) in [7, 11) is 1.21. The maximum Gasteiger partial charge on any atom is 0.417 e. The number of nitrogens with zero attached hydrogens (tertiary/aromatic N) is 5. The second-order valence-electron chi connectivity index (χ2n) is 17.0. The van der Waals surface area contributed by atoms with Gasteiger partial charge in [-0.25, -0.2) is 19.3 Å². The largest absolute Gasteiger partial charge is 0.452 e. The van der Waals surface area contributed by atoms with E-state index >= 15 is 0 Å². The first kappa shape index (κ1) is 45.9. The third-order valence-electron chi connectivity index (χ3n) is 10.8. The van der Waals surface area contributed by atoms with Gasteiger partial charge in [-0.2, -0.15) is 0 Å². The average Bonchev–Trinajstić information content (AvgIpc) is 3.50. The first-order valence-corrected chi connectivity index (χ1v) is 20.8. The fourth-order valence-corrected chi connectivity index (χ4v) is 7.47. The molecule has 0 spiro atoms. The molecule has 14 nitrogen and oxygen atoms in total. The maximum absolute atomic E-state index is 14.5. The zero-order chi connectivity index (χ0) is 44.3. The van der Waals surface area contributed by atoms with Crippen LogP contribution in [0.1, 0.15) is 70.0 Å². The molecule has 1 fully saturated rings. The molecule has 3 N–H and O–H groups in total. The number of nitrogens with one attached hydrogen (secondary N) is 2. The van der Waals surface area contributed by atoms with Crippen molar-refractivity contribution in [2.75, 3.05) is 20.2 Å². The van der Waals surface area contributed by atoms with Gasteiger partial charge in [-0.15, -0.1) is 0 Å². The molecule has 5 rings (SSSR count). The van der Waals surface area contributed by atoms with Gasteiger partial charge in [0.05, 0.1) is 37.2 Å². The highest BCUT2D eigenvalue weighted by Crippen LogP contribution is 2.25. The lowest BCUT2D eigenvalue weighted by Gasteiger charge is -2.34. The minimum Gasteiger partial charge on any atom is -0.452 e. The molecule has 324 valence electrons. The van der Waals surface area contributed by atoms with Crippen molar-refractivity contribution < 1.29 is 33.8 Å². The molecule has 1 aliphatic heterocycles. The summed E-state index contributed by atoms with van der Waals surface area (Å²) in [5.41, 5.74) is 4.25. The number of urea groups is 2. The molecule has 61 heavy (non-hydrogen) atoms. The molecule has 0 aliphatic carbocycles. The van der Waals surface area contributed by atoms with Crippen molar-refractivity contribution in [3.8, 4) is 11.3 Å². The predicted molar refractivity (Wildman–Crippen MR) is 232 cm³/mol. The topological polar surface area (TPSA) is 174 Å². The summed E-state index contributed by atoms with van der Waals surface area (Å²) in [5, 5.41) is 18.2. The smallest absolute Gasteiger partial charge is 0.417 e. The summed E-state index contributed by atoms with van der Waals surface area (Å²) in [5.74, 6) is -1.30. The van der Waals surface area contributed by atoms with Crippen molar-refractivity contribution in [2.24, 2.45) is 11.3 Å². The molecule has 1 aliphatic rings. The molecule has 0 radical (unpaired) electrons. The van der Waals surface area contributed by atoms with Crippen LogP contribution in [0, 0.1) is 18.3 Å². The Morgan fingerprint density at radius 2 is 1.59 bits per heavy atom. The number of aromatic nitrogens is 2. The van der Waals surface area contributed by atoms with Gasteiger partial charge in [0.15, 0.2) is 0 Å². The second kappa shape index (κ2) is 20.9. The molecule has 5 unspecified atom stereocenters. The van der Waals surface area contributed by atoms with Crippen LogP contribution >= 0.6 is 0 Å². The molecule has 1 saturated heterocycles. The molecule has 5 atom stereocenters. The lowest BCUT2D eigenvalue weighted by molar-refractivity contribution is -0.129. The number of methoxy groups -OCH3 is 1. The normalized spacial score (nSPS) is 15.4. The van der Waals surface area contributed by atoms with Gasteiger partial charge in [0.25, 0.3) is 5.91 Å². The molecule has 3 heterocycles. The Balaban J connectivity index is 1.43. The Morgan fingerprint density at radius 1 is 0.902 bits per heavy atom. The maximum atomic E-state index is 14.5. The van der Waals surface area contributed by atoms with Gasteiger partial charge in [-0.3, -0.25) is 24.5 Å². The molecule has 7 amide bonds. The van der Waals surface area contributed by atoms with E-state index in [1.165, 1.54) is 12.0 Å². The SMILES string of the molecule is CCC(C)C(C(=O)NC(Cc1ccccc1)C(O)CC(Cc1ccc(-c2ccccn2)cc1)NC(=O)N(CC(C)(C)C)C(=O)OC)N1CC(=O)N(Cc2cccc(C)n2)C1=O. The quantitative estimate of drug-likeness (QED) is 0.0998. The van der Waals surface area contributed by atoms with Crippen LogP contribution in [0.25, 0.3) is 11.3 Å². The van der Waals surface area contributed by atoms with Crippen LogP contribution in [0.4, 0.5) is 14.4 Å². The highest BCUT2D eigenvalue weighted by Gasteiger charge is 2.45. The third-order valence-corrected chi connectivity index (χ3v) is 10.8. The Labute approximate surface area is 358 Å². The third kappa shape index (κ3) is 12.7. The summed E-state index contributed by atoms with van der Waals surface area (Å²) >= 11 is 0. The van der Waals surface area contributed by atoms with Gasteiger partial charge >= 0.3 is 18.2 Å². The summed E-state index contributed by atoms with van der Waals surface area (Å²) in [4.78, 5) is 80.9. The van der Waals surface area contributed by atoms with Crippen molar-refractivity contribution in [1.29, 1.82) is 0 Å². The zero-order valence-corrected chi connectivity index (χ0v) is 36.2. The van der Waals surface area contributed by atoms with Crippen LogP contribution in [0.15, 0.2) is 97.2 Å². The Kier molecular flexibility index (Phi) is 15.7. The van der Waals surface area contributed by atoms with Crippen LogP contribution in [-0.2, 0) is 33.7 Å². The number of carbonyl (C=O) groups excluding carboxylic acids is 5. The number of amides is 7. The van der Waals surface area contributed by atoms with Crippen molar-refractivity contribution in [3.63, 3.8) is 0 Å². The Hall–Kier alpha value is -6.15. The average molecular weight is 834 g/mol. The summed E-state index contributed by atoms with van der Waals surface area (Å²) in [6, 6.07) is 24.2. The number of carbonyl (C=O) groups is 5. The highest BCUT2D eigenvalue weighted by molar-refractivity contribution is 6.04. The predicted octanol–water partition coefficient (Wildman–Crippen LogP) is 6.54. The number of hydrogen-bond donors (Lipinski definition) is 3. The van der Waals surface area contributed by atoms with E-state index < -0.39 is 59.6 Å². The van der Waals surface area contributed by atoms with Crippen molar-refractivity contribution in [3.05, 3.63) is 120 Å². The lowest BCUT2D eigenvalue weighted by atomic mass is 9.92. The number of aliphatic hydroxyl groups excluding tert-OH is 1. The molecule has 2 aromatic carbocycles. The van der Waals surface area contributed by atoms with Gasteiger partial charge < -0.3 is 25.4 Å². The first-order valence-electron chi connectivity index (χ1n) is 20.8. The number of rotatable bonds is 17. The van der Waals surface area contributed by atoms with Crippen LogP contribution in [0.2, 0.25) is 0 Å². The van der Waals surface area contributed by atoms with Crippen LogP contribution in [-0.4, -0.2) is 104 Å². The van der Waals surface area contributed by atoms with Gasteiger partial charge in [0, 0.05) is 30.0 Å². The number of hydrogen-bond acceptors (Lipinski definition) is 9. The summed E-state index contributed by atoms with van der Waals surface area (Å²) in [6.07, 6.45) is 0.666. The minimum atomic E-state index is -1.23. The number of pyridine rings is 2. The van der Waals surface area contributed by atoms with Crippen LogP contribution < -0.4 is 10.6 Å². The monoisotopic (exact) mass is 833 g/mol. The summed E-state index contributed by atoms with van der Waals surface area (Å²) in [6.45, 7) is 11.0. The number of aryl methyl sites for hydroxylation is 1. The Morgan fingerprint density at radius 3 is 2.21 bits per heavy atom. The van der Waals surface area contributed by atoms with E-state index in [2.05, 4.69) is 20.6 Å². The van der Waals surface area contributed by atoms with Crippen LogP contribution in [0.3, 0.4) is 0 Å². The molecular weight excluding hydrogens is 775 g/mol. The van der Waals surface area contributed by atoms with E-state index in [0.717, 1.165) is 37.9 Å². The van der Waals surface area contributed by atoms with E-state index in [4.69, 9.17) is 4.74 Å². The van der Waals surface area contributed by atoms with Crippen molar-refractivity contribution in [2.45, 2.75) is 98.0 Å². The molecule has 4 aromatic rings. The van der Waals surface area contributed by atoms with Gasteiger partial charge in [0.2, 0.25) is 5.91 Å². The second-order valence-corrected chi connectivity index (χ2v) is 17.0. The van der Waals surface area contributed by atoms with E-state index in [0.29, 0.717) is 12.1 Å². The molecule has 0 saturated carbocycles. The van der Waals surface area contributed by atoms with Gasteiger partial charge in [-0.1, -0.05) is 108 Å². The first-order chi connectivity index (χ1) is 29.1. The van der Waals surface area contributed by atoms with Gasteiger partial charge in [0.1, 0.15) is 12.6 Å². The fourth-order valence-electron chi connectivity index (χ4n) is 7.47. The molecular formula is C47H59N7O7. The number of benzene rings is 2. The standard InChI is InChI=1S/C47H59N7O7/c1-8-31(2)42(53-29-41(56)52(45(53)59)28-36-18-14-15-32(3)49-36)43(57)51-39(26-33-16-10-9-11-17-33)40(55)27-37(50-44(58)54(46(60)61-7)30-47(4,5)6)25-34-20-22-35(23-21-34)38-19-12-13-24-48-38/h9-24,31,37,39-40,42,55H,8,25-30H2,1-7H3,(H,50,58)(H,51,57). The van der Waals surface area contributed by atoms with Crippen molar-refractivity contribution in [1.82, 2.24) is 35.3 Å². The molecule has 0 bridgehead atoms. The van der Waals surface area contributed by atoms with E-state index in [-0.39, 0.29) is 44.8 Å². The van der Waals surface area contributed by atoms with E-state index in [1.807, 2.05) is 126 Å². The van der Waals surface area contributed by atoms with E-state index in [9.17, 15) is 29.1 Å². The van der Waals surface area contributed by atoms with Gasteiger partial charge in [-0.05, 0) is 72.9 Å². The summed E-state index contributed by atoms with van der Waals surface area (Å²) < 4.78 is 4.98. The molecule has 14 heteroatoms. The van der Waals surface area contributed by atoms with E-state index in [1.54, 1.807) is 12.3 Å².